The number of rotatable bonds is 4. The highest BCUT2D eigenvalue weighted by molar-refractivity contribution is 7.99. The molecule has 0 radical (unpaired) electrons. The summed E-state index contributed by atoms with van der Waals surface area (Å²) in [6.45, 7) is 1.96. The maximum Gasteiger partial charge on any atom is 0.262 e. The lowest BCUT2D eigenvalue weighted by Gasteiger charge is -2.04. The third-order valence-corrected chi connectivity index (χ3v) is 3.20. The molecule has 0 unspecified atom stereocenters. The number of benzene rings is 1. The van der Waals surface area contributed by atoms with Gasteiger partial charge in [-0.25, -0.2) is 9.49 Å². The summed E-state index contributed by atoms with van der Waals surface area (Å²) in [6, 6.07) is 4.04. The molecule has 1 aromatic carbocycles. The van der Waals surface area contributed by atoms with Crippen molar-refractivity contribution < 1.29 is 9.18 Å². The molecule has 0 spiro atoms. The van der Waals surface area contributed by atoms with E-state index in [9.17, 15) is 9.18 Å². The number of hydrogen-bond acceptors (Lipinski definition) is 4. The number of aromatic nitrogens is 3. The summed E-state index contributed by atoms with van der Waals surface area (Å²) in [4.78, 5) is 15.9. The molecule has 8 heteroatoms. The first kappa shape index (κ1) is 13.8. The molecule has 0 aliphatic carbocycles. The smallest absolute Gasteiger partial charge is 0.262 e. The van der Waals surface area contributed by atoms with Crippen LogP contribution in [0.2, 0.25) is 5.02 Å². The van der Waals surface area contributed by atoms with Gasteiger partial charge in [-0.2, -0.15) is 4.98 Å². The average molecular weight is 301 g/mol. The van der Waals surface area contributed by atoms with Crippen molar-refractivity contribution in [3.8, 4) is 0 Å². The molecule has 1 amide bonds. The first-order valence-electron chi connectivity index (χ1n) is 5.42. The molecular formula is C11H10ClFN4OS. The Morgan fingerprint density at radius 2 is 2.37 bits per heavy atom. The number of amides is 1. The Morgan fingerprint density at radius 3 is 3.05 bits per heavy atom. The second kappa shape index (κ2) is 6.03. The van der Waals surface area contributed by atoms with Crippen LogP contribution in [0.5, 0.6) is 0 Å². The average Bonchev–Trinajstić information content (AvgIpc) is 2.77. The number of nitrogens with one attached hydrogen (secondary N) is 2. The van der Waals surface area contributed by atoms with Crippen LogP contribution < -0.4 is 5.32 Å². The van der Waals surface area contributed by atoms with Gasteiger partial charge in [-0.3, -0.25) is 10.1 Å². The molecule has 0 aliphatic rings. The van der Waals surface area contributed by atoms with Crippen LogP contribution in [0.15, 0.2) is 23.4 Å². The van der Waals surface area contributed by atoms with Gasteiger partial charge in [-0.1, -0.05) is 36.4 Å². The number of halogens is 2. The third-order valence-electron chi connectivity index (χ3n) is 2.16. The van der Waals surface area contributed by atoms with Gasteiger partial charge in [0.2, 0.25) is 11.1 Å². The van der Waals surface area contributed by atoms with Crippen molar-refractivity contribution in [1.29, 1.82) is 0 Å². The van der Waals surface area contributed by atoms with E-state index in [4.69, 9.17) is 11.6 Å². The lowest BCUT2D eigenvalue weighted by molar-refractivity contribution is 0.102. The SMILES string of the molecule is CCSc1n[nH]c(NC(=O)c2c(F)cccc2Cl)n1. The first-order chi connectivity index (χ1) is 9.11. The van der Waals surface area contributed by atoms with Gasteiger partial charge < -0.3 is 0 Å². The number of carbonyl (C=O) groups is 1. The standard InChI is InChI=1S/C11H10ClFN4OS/c1-2-19-11-15-10(16-17-11)14-9(18)8-6(12)4-3-5-7(8)13/h3-5H,2H2,1H3,(H2,14,15,16,17,18). The van der Waals surface area contributed by atoms with Gasteiger partial charge >= 0.3 is 0 Å². The molecule has 0 fully saturated rings. The van der Waals surface area contributed by atoms with Crippen LogP contribution in [0.3, 0.4) is 0 Å². The van der Waals surface area contributed by atoms with Crippen molar-refractivity contribution in [3.63, 3.8) is 0 Å². The minimum atomic E-state index is -0.687. The van der Waals surface area contributed by atoms with E-state index >= 15 is 0 Å². The zero-order valence-corrected chi connectivity index (χ0v) is 11.5. The second-order valence-electron chi connectivity index (χ2n) is 3.45. The number of H-pyrrole nitrogens is 1. The maximum atomic E-state index is 13.5. The van der Waals surface area contributed by atoms with Crippen molar-refractivity contribution in [1.82, 2.24) is 15.2 Å². The van der Waals surface area contributed by atoms with E-state index < -0.39 is 11.7 Å². The van der Waals surface area contributed by atoms with Gasteiger partial charge in [0.05, 0.1) is 10.6 Å². The topological polar surface area (TPSA) is 70.7 Å². The quantitative estimate of drug-likeness (QED) is 0.852. The summed E-state index contributed by atoms with van der Waals surface area (Å²) in [7, 11) is 0. The van der Waals surface area contributed by atoms with E-state index in [0.717, 1.165) is 5.75 Å². The fourth-order valence-corrected chi connectivity index (χ4v) is 2.15. The van der Waals surface area contributed by atoms with E-state index in [1.54, 1.807) is 0 Å². The van der Waals surface area contributed by atoms with E-state index in [1.165, 1.54) is 30.0 Å². The number of hydrogen-bond donors (Lipinski definition) is 2. The monoisotopic (exact) mass is 300 g/mol. The zero-order chi connectivity index (χ0) is 13.8. The summed E-state index contributed by atoms with van der Waals surface area (Å²) in [5, 5.41) is 9.40. The number of thioether (sulfide) groups is 1. The lowest BCUT2D eigenvalue weighted by Crippen LogP contribution is -2.15. The van der Waals surface area contributed by atoms with Crippen molar-refractivity contribution in [2.75, 3.05) is 11.1 Å². The van der Waals surface area contributed by atoms with E-state index in [2.05, 4.69) is 20.5 Å². The first-order valence-corrected chi connectivity index (χ1v) is 6.78. The van der Waals surface area contributed by atoms with Gasteiger partial charge in [0.15, 0.2) is 0 Å². The van der Waals surface area contributed by atoms with Crippen molar-refractivity contribution in [3.05, 3.63) is 34.6 Å². The van der Waals surface area contributed by atoms with E-state index in [0.29, 0.717) is 5.16 Å². The molecular weight excluding hydrogens is 291 g/mol. The van der Waals surface area contributed by atoms with Crippen molar-refractivity contribution >= 4 is 35.2 Å². The summed E-state index contributed by atoms with van der Waals surface area (Å²) in [5.74, 6) is -0.398. The van der Waals surface area contributed by atoms with Crippen LogP contribution in [0, 0.1) is 5.82 Å². The Hall–Kier alpha value is -1.60. The summed E-state index contributed by atoms with van der Waals surface area (Å²) >= 11 is 7.21. The van der Waals surface area contributed by atoms with Gasteiger partial charge in [-0.05, 0) is 17.9 Å². The number of carbonyl (C=O) groups excluding carboxylic acids is 1. The molecule has 100 valence electrons. The molecule has 0 bridgehead atoms. The maximum absolute atomic E-state index is 13.5. The van der Waals surface area contributed by atoms with Crippen LogP contribution >= 0.6 is 23.4 Å². The van der Waals surface area contributed by atoms with Crippen LogP contribution in [0.4, 0.5) is 10.3 Å². The predicted octanol–water partition coefficient (Wildman–Crippen LogP) is 2.96. The lowest BCUT2D eigenvalue weighted by atomic mass is 10.2. The Labute approximate surface area is 118 Å². The van der Waals surface area contributed by atoms with Gasteiger partial charge in [0, 0.05) is 0 Å². The molecule has 19 heavy (non-hydrogen) atoms. The summed E-state index contributed by atoms with van der Waals surface area (Å²) in [5.41, 5.74) is -0.217. The Bertz CT molecular complexity index is 584. The molecule has 2 N–H and O–H groups in total. The Morgan fingerprint density at radius 1 is 1.58 bits per heavy atom. The van der Waals surface area contributed by atoms with Crippen molar-refractivity contribution in [2.45, 2.75) is 12.1 Å². The largest absolute Gasteiger partial charge is 0.291 e. The third kappa shape index (κ3) is 3.24. The van der Waals surface area contributed by atoms with Crippen LogP contribution in [0.25, 0.3) is 0 Å². The molecule has 1 aromatic heterocycles. The molecule has 1 heterocycles. The number of nitrogens with zero attached hydrogens (tertiary/aromatic N) is 2. The second-order valence-corrected chi connectivity index (χ2v) is 5.09. The highest BCUT2D eigenvalue weighted by atomic mass is 35.5. The van der Waals surface area contributed by atoms with Gasteiger partial charge in [-0.15, -0.1) is 5.10 Å². The van der Waals surface area contributed by atoms with Crippen LogP contribution in [-0.2, 0) is 0 Å². The van der Waals surface area contributed by atoms with Crippen LogP contribution in [0.1, 0.15) is 17.3 Å². The highest BCUT2D eigenvalue weighted by Crippen LogP contribution is 2.20. The summed E-state index contributed by atoms with van der Waals surface area (Å²) in [6.07, 6.45) is 0. The fourth-order valence-electron chi connectivity index (χ4n) is 1.38. The molecule has 2 rings (SSSR count). The van der Waals surface area contributed by atoms with E-state index in [-0.39, 0.29) is 16.5 Å². The number of anilines is 1. The molecule has 0 saturated carbocycles. The summed E-state index contributed by atoms with van der Waals surface area (Å²) < 4.78 is 13.5. The normalized spacial score (nSPS) is 10.5. The van der Waals surface area contributed by atoms with Crippen molar-refractivity contribution in [2.24, 2.45) is 0 Å². The van der Waals surface area contributed by atoms with Crippen LogP contribution in [-0.4, -0.2) is 26.8 Å². The Kier molecular flexibility index (Phi) is 4.39. The molecule has 0 saturated heterocycles. The molecule has 5 nitrogen and oxygen atoms in total. The molecule has 2 aromatic rings. The molecule has 0 aliphatic heterocycles. The van der Waals surface area contributed by atoms with Gasteiger partial charge in [0.1, 0.15) is 5.82 Å². The zero-order valence-electron chi connectivity index (χ0n) is 9.91. The predicted molar refractivity (Wildman–Crippen MR) is 72.1 cm³/mol. The van der Waals surface area contributed by atoms with Gasteiger partial charge in [0.25, 0.3) is 5.91 Å². The Balaban J connectivity index is 2.16. The van der Waals surface area contributed by atoms with E-state index in [1.807, 2.05) is 6.92 Å². The molecule has 0 atom stereocenters. The number of aromatic amines is 1. The minimum Gasteiger partial charge on any atom is -0.291 e. The highest BCUT2D eigenvalue weighted by Gasteiger charge is 2.17. The fraction of sp³-hybridized carbons (Fsp3) is 0.182. The minimum absolute atomic E-state index is 0.0418.